The molecule has 5 heterocycles. The summed E-state index contributed by atoms with van der Waals surface area (Å²) >= 11 is 0. The fourth-order valence-electron chi connectivity index (χ4n) is 7.59. The number of nitrogens with one attached hydrogen (secondary N) is 2. The number of pyridine rings is 1. The number of fused-ring (bicyclic) bond motifs is 1. The van der Waals surface area contributed by atoms with Crippen molar-refractivity contribution in [2.75, 3.05) is 46.4 Å². The van der Waals surface area contributed by atoms with E-state index in [4.69, 9.17) is 18.3 Å². The SMILES string of the molecule is COc1cncc(-c2cnc(C(C)(C)N3CCN(C[C@@H](O)C[C@@H](Cc4nnc(-c5ccccc5)o4)C(=O)N[C@H]4c5ccccc5OC[C@H]4O)[C@H](C(=O)NCC(F)(F)F)C3)o2)c1. The number of methoxy groups -OCH3 is 1. The summed E-state index contributed by atoms with van der Waals surface area (Å²) in [6.45, 7) is 2.32. The van der Waals surface area contributed by atoms with Crippen LogP contribution in [0, 0.1) is 5.92 Å². The average Bonchev–Trinajstić information content (AvgIpc) is 3.95. The van der Waals surface area contributed by atoms with Gasteiger partial charge in [-0.25, -0.2) is 4.98 Å². The topological polar surface area (TPSA) is 201 Å². The van der Waals surface area contributed by atoms with Gasteiger partial charge in [0.05, 0.1) is 37.2 Å². The van der Waals surface area contributed by atoms with Gasteiger partial charge in [-0.1, -0.05) is 36.4 Å². The Balaban J connectivity index is 1.10. The summed E-state index contributed by atoms with van der Waals surface area (Å²) in [6.07, 6.45) is -2.58. The molecule has 7 rings (SSSR count). The number of benzene rings is 2. The largest absolute Gasteiger partial charge is 0.495 e. The Hall–Kier alpha value is -5.89. The first-order valence-electron chi connectivity index (χ1n) is 19.7. The second-order valence-electron chi connectivity index (χ2n) is 15.6. The third-order valence-electron chi connectivity index (χ3n) is 10.9. The van der Waals surface area contributed by atoms with Gasteiger partial charge in [-0.2, -0.15) is 13.2 Å². The number of β-amino-alcohol motifs (C(OH)–C–C–N with tert-alkyl or cyclic N) is 1. The molecular formula is C42H47F3N8O8. The number of piperazine rings is 1. The predicted octanol–water partition coefficient (Wildman–Crippen LogP) is 3.92. The van der Waals surface area contributed by atoms with Gasteiger partial charge >= 0.3 is 6.18 Å². The van der Waals surface area contributed by atoms with E-state index in [-0.39, 0.29) is 50.9 Å². The number of aliphatic hydroxyl groups excluding tert-OH is 2. The summed E-state index contributed by atoms with van der Waals surface area (Å²) in [5.41, 5.74) is 0.925. The van der Waals surface area contributed by atoms with Crippen molar-refractivity contribution in [3.8, 4) is 34.3 Å². The summed E-state index contributed by atoms with van der Waals surface area (Å²) in [4.78, 5) is 39.9. The molecule has 0 unspecified atom stereocenters. The highest BCUT2D eigenvalue weighted by Crippen LogP contribution is 2.35. The van der Waals surface area contributed by atoms with Crippen LogP contribution in [-0.4, -0.2) is 123 Å². The lowest BCUT2D eigenvalue weighted by Crippen LogP contribution is -2.63. The van der Waals surface area contributed by atoms with Crippen LogP contribution >= 0.6 is 0 Å². The van der Waals surface area contributed by atoms with Crippen LogP contribution in [0.1, 0.15) is 43.7 Å². The zero-order valence-electron chi connectivity index (χ0n) is 33.7. The zero-order valence-corrected chi connectivity index (χ0v) is 33.7. The second kappa shape index (κ2) is 18.4. The number of nitrogens with zero attached hydrogens (tertiary/aromatic N) is 6. The minimum Gasteiger partial charge on any atom is -0.495 e. The first-order valence-corrected chi connectivity index (χ1v) is 19.7. The molecule has 1 fully saturated rings. The van der Waals surface area contributed by atoms with Gasteiger partial charge in [0.1, 0.15) is 36.8 Å². The monoisotopic (exact) mass is 848 g/mol. The Morgan fingerprint density at radius 2 is 1.77 bits per heavy atom. The van der Waals surface area contributed by atoms with Gasteiger partial charge in [0.2, 0.25) is 29.5 Å². The molecule has 61 heavy (non-hydrogen) atoms. The van der Waals surface area contributed by atoms with E-state index in [1.165, 1.54) is 7.11 Å². The molecule has 19 heteroatoms. The third kappa shape index (κ3) is 10.4. The van der Waals surface area contributed by atoms with Crippen LogP contribution in [0.5, 0.6) is 11.5 Å². The van der Waals surface area contributed by atoms with E-state index in [0.717, 1.165) is 0 Å². The van der Waals surface area contributed by atoms with Crippen LogP contribution in [0.3, 0.4) is 0 Å². The number of amides is 2. The van der Waals surface area contributed by atoms with Crippen LogP contribution < -0.4 is 20.1 Å². The van der Waals surface area contributed by atoms with Gasteiger partial charge < -0.3 is 39.2 Å². The molecule has 324 valence electrons. The van der Waals surface area contributed by atoms with Gasteiger partial charge in [-0.05, 0) is 44.5 Å². The van der Waals surface area contributed by atoms with Crippen molar-refractivity contribution in [1.29, 1.82) is 0 Å². The third-order valence-corrected chi connectivity index (χ3v) is 10.9. The number of aromatic nitrogens is 4. The molecular weight excluding hydrogens is 802 g/mol. The summed E-state index contributed by atoms with van der Waals surface area (Å²) in [7, 11) is 1.52. The molecule has 2 aliphatic rings. The van der Waals surface area contributed by atoms with Crippen LogP contribution in [0.25, 0.3) is 22.8 Å². The van der Waals surface area contributed by atoms with Gasteiger partial charge in [-0.3, -0.25) is 24.4 Å². The number of carbonyl (C=O) groups is 2. The number of para-hydroxylation sites is 1. The lowest BCUT2D eigenvalue weighted by atomic mass is 9.93. The van der Waals surface area contributed by atoms with E-state index in [1.807, 2.05) is 42.3 Å². The summed E-state index contributed by atoms with van der Waals surface area (Å²) in [5, 5.41) is 35.8. The molecule has 0 saturated carbocycles. The smallest absolute Gasteiger partial charge is 0.405 e. The van der Waals surface area contributed by atoms with Crippen LogP contribution in [0.15, 0.2) is 88.1 Å². The molecule has 0 bridgehead atoms. The first-order chi connectivity index (χ1) is 29.2. The Labute approximate surface area is 349 Å². The average molecular weight is 849 g/mol. The number of carbonyl (C=O) groups excluding carboxylic acids is 2. The minimum absolute atomic E-state index is 0.0446. The molecule has 0 aliphatic carbocycles. The van der Waals surface area contributed by atoms with E-state index < -0.39 is 60.3 Å². The van der Waals surface area contributed by atoms with Crippen LogP contribution in [0.2, 0.25) is 0 Å². The van der Waals surface area contributed by atoms with Crippen LogP contribution in [0.4, 0.5) is 13.2 Å². The quantitative estimate of drug-likeness (QED) is 0.118. The maximum Gasteiger partial charge on any atom is 0.405 e. The van der Waals surface area contributed by atoms with E-state index in [9.17, 15) is 33.0 Å². The van der Waals surface area contributed by atoms with Crippen molar-refractivity contribution in [3.63, 3.8) is 0 Å². The highest BCUT2D eigenvalue weighted by molar-refractivity contribution is 5.82. The summed E-state index contributed by atoms with van der Waals surface area (Å²) in [6, 6.07) is 15.8. The molecule has 2 aliphatic heterocycles. The standard InChI is InChI=1S/C42H47F3N8O8/c1-41(2,40-47-20-34(60-40)27-16-29(58-3)19-46-18-27)53-14-13-52(31(22-53)38(57)48-24-42(43,44)45)21-28(54)15-26(17-35-50-51-39(61-35)25-9-5-4-6-10-25)37(56)49-36-30-11-7-8-12-33(30)59-23-32(36)55/h4-12,16,18-20,26,28,31-32,36,54-55H,13-15,17,21-24H2,1-3H3,(H,48,57)(H,49,56)/t26-,28-,31-,32+,36-/m0/s1. The van der Waals surface area contributed by atoms with Gasteiger partial charge in [-0.15, -0.1) is 10.2 Å². The number of rotatable bonds is 15. The summed E-state index contributed by atoms with van der Waals surface area (Å²) < 4.78 is 63.1. The number of aliphatic hydroxyl groups is 2. The molecule has 16 nitrogen and oxygen atoms in total. The fourth-order valence-corrected chi connectivity index (χ4v) is 7.59. The molecule has 2 aromatic carbocycles. The van der Waals surface area contributed by atoms with Gasteiger partial charge in [0.25, 0.3) is 0 Å². The summed E-state index contributed by atoms with van der Waals surface area (Å²) in [5.74, 6) is -0.304. The lowest BCUT2D eigenvalue weighted by Gasteiger charge is -2.46. The number of alkyl halides is 3. The van der Waals surface area contributed by atoms with E-state index in [2.05, 4.69) is 25.5 Å². The van der Waals surface area contributed by atoms with Crippen molar-refractivity contribution in [2.24, 2.45) is 5.92 Å². The predicted molar refractivity (Wildman–Crippen MR) is 212 cm³/mol. The zero-order chi connectivity index (χ0) is 43.3. The Morgan fingerprint density at radius 3 is 2.54 bits per heavy atom. The van der Waals surface area contributed by atoms with Crippen molar-refractivity contribution in [2.45, 2.75) is 62.7 Å². The Morgan fingerprint density at radius 1 is 1.00 bits per heavy atom. The number of ether oxygens (including phenoxy) is 2. The first kappa shape index (κ1) is 43.2. The van der Waals surface area contributed by atoms with Crippen molar-refractivity contribution in [3.05, 3.63) is 96.6 Å². The molecule has 4 N–H and O–H groups in total. The maximum absolute atomic E-state index is 14.2. The number of hydrogen-bond acceptors (Lipinski definition) is 14. The Kier molecular flexibility index (Phi) is 13.0. The molecule has 5 atom stereocenters. The van der Waals surface area contributed by atoms with Crippen LogP contribution in [-0.2, 0) is 21.5 Å². The molecule has 2 amide bonds. The molecule has 1 saturated heterocycles. The number of halogens is 3. The molecule has 0 spiro atoms. The molecule has 5 aromatic rings. The maximum atomic E-state index is 14.2. The number of oxazole rings is 1. The van der Waals surface area contributed by atoms with Gasteiger partial charge in [0, 0.05) is 61.4 Å². The molecule has 0 radical (unpaired) electrons. The number of hydrogen-bond donors (Lipinski definition) is 4. The fraction of sp³-hybridized carbons (Fsp3) is 0.429. The van der Waals surface area contributed by atoms with Crippen molar-refractivity contribution < 1.29 is 51.3 Å². The van der Waals surface area contributed by atoms with E-state index in [0.29, 0.717) is 46.4 Å². The molecule has 3 aromatic heterocycles. The second-order valence-corrected chi connectivity index (χ2v) is 15.6. The normalized spacial score (nSPS) is 19.6. The van der Waals surface area contributed by atoms with Crippen molar-refractivity contribution >= 4 is 11.8 Å². The van der Waals surface area contributed by atoms with Gasteiger partial charge in [0.15, 0.2) is 5.76 Å². The lowest BCUT2D eigenvalue weighted by molar-refractivity contribution is -0.145. The van der Waals surface area contributed by atoms with E-state index in [1.54, 1.807) is 66.0 Å². The van der Waals surface area contributed by atoms with E-state index >= 15 is 0 Å². The van der Waals surface area contributed by atoms with Crippen molar-refractivity contribution in [1.82, 2.24) is 40.6 Å². The Bertz CT molecular complexity index is 2270. The highest BCUT2D eigenvalue weighted by Gasteiger charge is 2.43. The highest BCUT2D eigenvalue weighted by atomic mass is 19.4. The minimum atomic E-state index is -4.66.